The predicted molar refractivity (Wildman–Crippen MR) is 93.1 cm³/mol. The highest BCUT2D eigenvalue weighted by Crippen LogP contribution is 2.27. The summed E-state index contributed by atoms with van der Waals surface area (Å²) in [5.41, 5.74) is 2.83. The number of hydrogen-bond acceptors (Lipinski definition) is 3. The summed E-state index contributed by atoms with van der Waals surface area (Å²) in [6.45, 7) is 2.11. The minimum absolute atomic E-state index is 0.322. The van der Waals surface area contributed by atoms with Gasteiger partial charge in [0.2, 0.25) is 0 Å². The molecular weight excluding hydrogens is 318 g/mol. The zero-order valence-corrected chi connectivity index (χ0v) is 13.5. The Labute approximate surface area is 137 Å². The molecule has 0 saturated carbocycles. The van der Waals surface area contributed by atoms with Gasteiger partial charge in [-0.2, -0.15) is 0 Å². The number of amides is 2. The molecule has 2 aromatic carbocycles. The molecule has 0 aliphatic carbocycles. The van der Waals surface area contributed by atoms with Crippen LogP contribution in [0.15, 0.2) is 42.5 Å². The zero-order valence-electron chi connectivity index (χ0n) is 11.9. The number of aromatic nitrogens is 1. The lowest BCUT2D eigenvalue weighted by Crippen LogP contribution is -2.19. The van der Waals surface area contributed by atoms with Crippen LogP contribution in [0.4, 0.5) is 15.6 Å². The Morgan fingerprint density at radius 3 is 2.68 bits per heavy atom. The Balaban J connectivity index is 1.72. The molecule has 2 amide bonds. The maximum Gasteiger partial charge on any atom is 0.325 e. The van der Waals surface area contributed by atoms with Crippen molar-refractivity contribution < 1.29 is 4.79 Å². The van der Waals surface area contributed by atoms with Crippen LogP contribution in [0.25, 0.3) is 10.2 Å². The molecule has 4 nitrogen and oxygen atoms in total. The number of hydrogen-bond donors (Lipinski definition) is 2. The molecule has 0 fully saturated rings. The first kappa shape index (κ1) is 14.8. The molecule has 0 saturated heterocycles. The summed E-state index contributed by atoms with van der Waals surface area (Å²) in [7, 11) is 0. The molecular formula is C16H14ClN3OS. The molecule has 0 bridgehead atoms. The van der Waals surface area contributed by atoms with Gasteiger partial charge in [-0.05, 0) is 48.4 Å². The highest BCUT2D eigenvalue weighted by atomic mass is 35.5. The number of thiazole rings is 1. The van der Waals surface area contributed by atoms with Gasteiger partial charge in [0, 0.05) is 10.7 Å². The molecule has 3 aromatic rings. The molecule has 22 heavy (non-hydrogen) atoms. The number of rotatable bonds is 3. The molecule has 1 aromatic heterocycles. The van der Waals surface area contributed by atoms with Crippen molar-refractivity contribution in [1.29, 1.82) is 0 Å². The fraction of sp³-hybridized carbons (Fsp3) is 0.125. The van der Waals surface area contributed by atoms with Gasteiger partial charge in [0.25, 0.3) is 0 Å². The molecule has 3 rings (SSSR count). The largest absolute Gasteiger partial charge is 0.325 e. The van der Waals surface area contributed by atoms with Gasteiger partial charge in [0.05, 0.1) is 10.2 Å². The summed E-state index contributed by atoms with van der Waals surface area (Å²) in [5.74, 6) is 0. The smallest absolute Gasteiger partial charge is 0.308 e. The van der Waals surface area contributed by atoms with Crippen LogP contribution in [0.2, 0.25) is 5.02 Å². The summed E-state index contributed by atoms with van der Waals surface area (Å²) in [6, 6.07) is 12.8. The lowest BCUT2D eigenvalue weighted by molar-refractivity contribution is 0.262. The standard InChI is InChI=1S/C16H14ClN3OS/c1-2-10-3-8-13-14(9-10)22-16(19-13)20-15(21)18-12-6-4-11(17)5-7-12/h3-9H,2H2,1H3,(H2,18,19,20,21). The zero-order chi connectivity index (χ0) is 15.5. The van der Waals surface area contributed by atoms with Crippen LogP contribution in [0.5, 0.6) is 0 Å². The lowest BCUT2D eigenvalue weighted by Gasteiger charge is -2.04. The Morgan fingerprint density at radius 2 is 1.95 bits per heavy atom. The number of nitrogens with one attached hydrogen (secondary N) is 2. The van der Waals surface area contributed by atoms with Crippen molar-refractivity contribution in [3.63, 3.8) is 0 Å². The fourth-order valence-corrected chi connectivity index (χ4v) is 3.09. The molecule has 0 unspecified atom stereocenters. The number of carbonyl (C=O) groups excluding carboxylic acids is 1. The van der Waals surface area contributed by atoms with Crippen LogP contribution in [0.3, 0.4) is 0 Å². The highest BCUT2D eigenvalue weighted by Gasteiger charge is 2.08. The predicted octanol–water partition coefficient (Wildman–Crippen LogP) is 5.16. The van der Waals surface area contributed by atoms with Crippen molar-refractivity contribution in [2.24, 2.45) is 0 Å². The quantitative estimate of drug-likeness (QED) is 0.696. The third kappa shape index (κ3) is 3.37. The van der Waals surface area contributed by atoms with E-state index in [1.54, 1.807) is 24.3 Å². The number of halogens is 1. The summed E-state index contributed by atoms with van der Waals surface area (Å²) in [6.07, 6.45) is 0.980. The minimum atomic E-state index is -0.322. The summed E-state index contributed by atoms with van der Waals surface area (Å²) < 4.78 is 1.07. The van der Waals surface area contributed by atoms with Gasteiger partial charge in [-0.3, -0.25) is 5.32 Å². The molecule has 2 N–H and O–H groups in total. The van der Waals surface area contributed by atoms with Gasteiger partial charge in [0.1, 0.15) is 0 Å². The van der Waals surface area contributed by atoms with E-state index >= 15 is 0 Å². The topological polar surface area (TPSA) is 54.0 Å². The summed E-state index contributed by atoms with van der Waals surface area (Å²) >= 11 is 7.28. The summed E-state index contributed by atoms with van der Waals surface area (Å²) in [4.78, 5) is 16.4. The van der Waals surface area contributed by atoms with Crippen LogP contribution in [0.1, 0.15) is 12.5 Å². The Hall–Kier alpha value is -2.11. The van der Waals surface area contributed by atoms with E-state index in [0.717, 1.165) is 16.6 Å². The van der Waals surface area contributed by atoms with E-state index in [4.69, 9.17) is 11.6 Å². The van der Waals surface area contributed by atoms with Crippen LogP contribution >= 0.6 is 22.9 Å². The molecule has 0 radical (unpaired) electrons. The Bertz CT molecular complexity index is 814. The average molecular weight is 332 g/mol. The van der Waals surface area contributed by atoms with Crippen LogP contribution in [0, 0.1) is 0 Å². The van der Waals surface area contributed by atoms with E-state index in [0.29, 0.717) is 15.8 Å². The molecule has 0 atom stereocenters. The van der Waals surface area contributed by atoms with Crippen molar-refractivity contribution in [2.45, 2.75) is 13.3 Å². The molecule has 0 spiro atoms. The average Bonchev–Trinajstić information content (AvgIpc) is 2.90. The number of carbonyl (C=O) groups is 1. The van der Waals surface area contributed by atoms with Gasteiger partial charge in [-0.25, -0.2) is 9.78 Å². The van der Waals surface area contributed by atoms with Gasteiger partial charge >= 0.3 is 6.03 Å². The van der Waals surface area contributed by atoms with Crippen molar-refractivity contribution in [1.82, 2.24) is 4.98 Å². The normalized spacial score (nSPS) is 10.6. The Morgan fingerprint density at radius 1 is 1.18 bits per heavy atom. The third-order valence-corrected chi connectivity index (χ3v) is 4.37. The number of benzene rings is 2. The maximum atomic E-state index is 12.0. The van der Waals surface area contributed by atoms with Crippen molar-refractivity contribution in [3.8, 4) is 0 Å². The highest BCUT2D eigenvalue weighted by molar-refractivity contribution is 7.22. The van der Waals surface area contributed by atoms with E-state index in [1.165, 1.54) is 16.9 Å². The molecule has 1 heterocycles. The maximum absolute atomic E-state index is 12.0. The number of aryl methyl sites for hydroxylation is 1. The van der Waals surface area contributed by atoms with Gasteiger partial charge in [-0.15, -0.1) is 0 Å². The van der Waals surface area contributed by atoms with Crippen LogP contribution < -0.4 is 10.6 Å². The lowest BCUT2D eigenvalue weighted by atomic mass is 10.2. The van der Waals surface area contributed by atoms with Crippen molar-refractivity contribution in [3.05, 3.63) is 53.1 Å². The minimum Gasteiger partial charge on any atom is -0.308 e. The number of urea groups is 1. The fourth-order valence-electron chi connectivity index (χ4n) is 2.04. The van der Waals surface area contributed by atoms with Crippen LogP contribution in [-0.4, -0.2) is 11.0 Å². The molecule has 112 valence electrons. The molecule has 6 heteroatoms. The number of nitrogens with zero attached hydrogens (tertiary/aromatic N) is 1. The van der Waals surface area contributed by atoms with Crippen molar-refractivity contribution >= 4 is 50.0 Å². The van der Waals surface area contributed by atoms with Gasteiger partial charge < -0.3 is 5.32 Å². The van der Waals surface area contributed by atoms with Gasteiger partial charge in [0.15, 0.2) is 5.13 Å². The number of fused-ring (bicyclic) bond motifs is 1. The molecule has 0 aliphatic rings. The monoisotopic (exact) mass is 331 g/mol. The first-order valence-electron chi connectivity index (χ1n) is 6.87. The van der Waals surface area contributed by atoms with E-state index in [-0.39, 0.29) is 6.03 Å². The SMILES string of the molecule is CCc1ccc2nc(NC(=O)Nc3ccc(Cl)cc3)sc2c1. The second-order valence-electron chi connectivity index (χ2n) is 4.76. The van der Waals surface area contributed by atoms with E-state index in [2.05, 4.69) is 34.7 Å². The van der Waals surface area contributed by atoms with E-state index < -0.39 is 0 Å². The first-order chi connectivity index (χ1) is 10.6. The second-order valence-corrected chi connectivity index (χ2v) is 6.23. The second kappa shape index (κ2) is 6.34. The van der Waals surface area contributed by atoms with E-state index in [1.807, 2.05) is 6.07 Å². The van der Waals surface area contributed by atoms with E-state index in [9.17, 15) is 4.79 Å². The Kier molecular flexibility index (Phi) is 4.27. The summed E-state index contributed by atoms with van der Waals surface area (Å²) in [5, 5.41) is 6.71. The first-order valence-corrected chi connectivity index (χ1v) is 8.06. The molecule has 0 aliphatic heterocycles. The van der Waals surface area contributed by atoms with Crippen molar-refractivity contribution in [2.75, 3.05) is 10.6 Å². The van der Waals surface area contributed by atoms with Crippen LogP contribution in [-0.2, 0) is 6.42 Å². The van der Waals surface area contributed by atoms with Gasteiger partial charge in [-0.1, -0.05) is 35.9 Å². The third-order valence-electron chi connectivity index (χ3n) is 3.18. The number of anilines is 2.